The maximum atomic E-state index is 6.89. The molecule has 3 nitrogen and oxygen atoms in total. The van der Waals surface area contributed by atoms with Crippen LogP contribution in [0.1, 0.15) is 0 Å². The van der Waals surface area contributed by atoms with Gasteiger partial charge in [-0.25, -0.2) is 9.97 Å². The molecule has 53 heavy (non-hydrogen) atoms. The molecule has 0 saturated carbocycles. The highest BCUT2D eigenvalue weighted by atomic mass is 16.3. The van der Waals surface area contributed by atoms with Gasteiger partial charge in [0.05, 0.1) is 11.4 Å². The Balaban J connectivity index is 1.11. The third-order valence-corrected chi connectivity index (χ3v) is 10.1. The van der Waals surface area contributed by atoms with Crippen molar-refractivity contribution in [1.29, 1.82) is 0 Å². The van der Waals surface area contributed by atoms with Crippen molar-refractivity contribution >= 4 is 32.7 Å². The first-order chi connectivity index (χ1) is 26.3. The first-order valence-electron chi connectivity index (χ1n) is 17.9. The zero-order chi connectivity index (χ0) is 35.1. The summed E-state index contributed by atoms with van der Waals surface area (Å²) in [5, 5.41) is 4.45. The predicted octanol–water partition coefficient (Wildman–Crippen LogP) is 13.5. The molecule has 0 N–H and O–H groups in total. The number of hydrogen-bond acceptors (Lipinski definition) is 3. The maximum Gasteiger partial charge on any atom is 0.160 e. The number of para-hydroxylation sites is 1. The van der Waals surface area contributed by atoms with Crippen LogP contribution in [0.15, 0.2) is 199 Å². The van der Waals surface area contributed by atoms with Gasteiger partial charge in [-0.2, -0.15) is 0 Å². The Bertz CT molecular complexity index is 2860. The average Bonchev–Trinajstić information content (AvgIpc) is 3.63. The van der Waals surface area contributed by atoms with E-state index in [0.717, 1.165) is 83.0 Å². The monoisotopic (exact) mass is 676 g/mol. The Hall–Kier alpha value is -7.10. The van der Waals surface area contributed by atoms with Crippen LogP contribution < -0.4 is 0 Å². The molecule has 0 amide bonds. The van der Waals surface area contributed by atoms with Gasteiger partial charge >= 0.3 is 0 Å². The van der Waals surface area contributed by atoms with Crippen LogP contribution in [0, 0.1) is 0 Å². The molecule has 0 radical (unpaired) electrons. The van der Waals surface area contributed by atoms with Crippen molar-refractivity contribution < 1.29 is 4.42 Å². The maximum absolute atomic E-state index is 6.89. The second-order valence-electron chi connectivity index (χ2n) is 13.3. The van der Waals surface area contributed by atoms with Gasteiger partial charge < -0.3 is 4.42 Å². The molecule has 248 valence electrons. The van der Waals surface area contributed by atoms with Gasteiger partial charge in [0.25, 0.3) is 0 Å². The lowest BCUT2D eigenvalue weighted by atomic mass is 9.92. The van der Waals surface area contributed by atoms with E-state index in [2.05, 4.69) is 158 Å². The largest absolute Gasteiger partial charge is 0.455 e. The van der Waals surface area contributed by atoms with Crippen LogP contribution in [0.5, 0.6) is 0 Å². The zero-order valence-electron chi connectivity index (χ0n) is 28.8. The van der Waals surface area contributed by atoms with Crippen LogP contribution in [-0.2, 0) is 0 Å². The lowest BCUT2D eigenvalue weighted by molar-refractivity contribution is 0.674. The van der Waals surface area contributed by atoms with Crippen molar-refractivity contribution in [1.82, 2.24) is 9.97 Å². The summed E-state index contributed by atoms with van der Waals surface area (Å²) in [6, 6.07) is 67.9. The quantitative estimate of drug-likeness (QED) is 0.176. The lowest BCUT2D eigenvalue weighted by Gasteiger charge is -2.11. The Labute approximate surface area is 307 Å². The molecule has 0 spiro atoms. The van der Waals surface area contributed by atoms with Crippen molar-refractivity contribution in [2.24, 2.45) is 0 Å². The summed E-state index contributed by atoms with van der Waals surface area (Å²) >= 11 is 0. The molecule has 0 saturated heterocycles. The second kappa shape index (κ2) is 12.9. The summed E-state index contributed by atoms with van der Waals surface area (Å²) in [4.78, 5) is 10.0. The zero-order valence-corrected chi connectivity index (χ0v) is 28.8. The van der Waals surface area contributed by atoms with E-state index < -0.39 is 0 Å². The number of fused-ring (bicyclic) bond motifs is 5. The molecule has 2 heterocycles. The van der Waals surface area contributed by atoms with Gasteiger partial charge in [0.15, 0.2) is 5.82 Å². The smallest absolute Gasteiger partial charge is 0.160 e. The Morgan fingerprint density at radius 2 is 0.755 bits per heavy atom. The van der Waals surface area contributed by atoms with Crippen molar-refractivity contribution in [2.45, 2.75) is 0 Å². The van der Waals surface area contributed by atoms with Crippen LogP contribution in [-0.4, -0.2) is 9.97 Å². The molecule has 0 fully saturated rings. The van der Waals surface area contributed by atoms with Gasteiger partial charge in [-0.1, -0.05) is 182 Å². The minimum absolute atomic E-state index is 0.708. The molecule has 0 atom stereocenters. The minimum Gasteiger partial charge on any atom is -0.455 e. The molecule has 0 aliphatic heterocycles. The van der Waals surface area contributed by atoms with Crippen LogP contribution in [0.25, 0.3) is 100.0 Å². The topological polar surface area (TPSA) is 38.9 Å². The van der Waals surface area contributed by atoms with Crippen LogP contribution in [0.3, 0.4) is 0 Å². The predicted molar refractivity (Wildman–Crippen MR) is 219 cm³/mol. The van der Waals surface area contributed by atoms with E-state index in [1.165, 1.54) is 11.1 Å². The van der Waals surface area contributed by atoms with E-state index in [0.29, 0.717) is 5.82 Å². The Morgan fingerprint density at radius 3 is 1.45 bits per heavy atom. The number of benzene rings is 8. The number of furan rings is 1. The van der Waals surface area contributed by atoms with E-state index in [1.54, 1.807) is 0 Å². The van der Waals surface area contributed by atoms with E-state index in [-0.39, 0.29) is 0 Å². The van der Waals surface area contributed by atoms with Crippen molar-refractivity contribution in [2.75, 3.05) is 0 Å². The van der Waals surface area contributed by atoms with Crippen molar-refractivity contribution in [3.8, 4) is 67.3 Å². The second-order valence-corrected chi connectivity index (χ2v) is 13.3. The summed E-state index contributed by atoms with van der Waals surface area (Å²) in [7, 11) is 0. The van der Waals surface area contributed by atoms with Crippen LogP contribution >= 0.6 is 0 Å². The summed E-state index contributed by atoms with van der Waals surface area (Å²) < 4.78 is 6.89. The third kappa shape index (κ3) is 5.47. The molecular weight excluding hydrogens is 645 g/mol. The molecule has 8 aromatic carbocycles. The highest BCUT2D eigenvalue weighted by molar-refractivity contribution is 6.21. The first-order valence-corrected chi connectivity index (χ1v) is 17.9. The number of nitrogens with zero attached hydrogens (tertiary/aromatic N) is 2. The molecule has 3 heteroatoms. The molecule has 10 rings (SSSR count). The molecule has 0 aliphatic rings. The third-order valence-electron chi connectivity index (χ3n) is 10.1. The standard InChI is InChI=1S/C50H32N2O/c1-4-15-33(16-5-1)38-21-10-11-22-39(38)42-25-14-26-43-45-31-44(40-23-12-13-24-41(40)49(45)53-48(42)43)34-27-29-36(30-28-34)47-32-46(35-17-6-2-7-18-35)51-50(52-47)37-19-8-3-9-20-37/h1-32H. The summed E-state index contributed by atoms with van der Waals surface area (Å²) in [5.41, 5.74) is 13.6. The summed E-state index contributed by atoms with van der Waals surface area (Å²) in [5.74, 6) is 0.708. The van der Waals surface area contributed by atoms with Gasteiger partial charge in [0.2, 0.25) is 0 Å². The number of aromatic nitrogens is 2. The number of hydrogen-bond donors (Lipinski definition) is 0. The van der Waals surface area contributed by atoms with E-state index in [1.807, 2.05) is 36.4 Å². The fourth-order valence-corrected chi connectivity index (χ4v) is 7.55. The average molecular weight is 677 g/mol. The van der Waals surface area contributed by atoms with Gasteiger partial charge in [-0.05, 0) is 45.3 Å². The SMILES string of the molecule is c1ccc(-c2cc(-c3ccc(-c4cc5c6cccc(-c7ccccc7-c7ccccc7)c6oc5c5ccccc45)cc3)nc(-c3ccccc3)n2)cc1. The molecule has 0 unspecified atom stereocenters. The van der Waals surface area contributed by atoms with Gasteiger partial charge in [-0.3, -0.25) is 0 Å². The lowest BCUT2D eigenvalue weighted by Crippen LogP contribution is -1.95. The molecule has 0 bridgehead atoms. The fraction of sp³-hybridized carbons (Fsp3) is 0. The van der Waals surface area contributed by atoms with Crippen LogP contribution in [0.4, 0.5) is 0 Å². The van der Waals surface area contributed by atoms with Crippen molar-refractivity contribution in [3.05, 3.63) is 194 Å². The first kappa shape index (κ1) is 30.7. The normalized spacial score (nSPS) is 11.4. The van der Waals surface area contributed by atoms with Gasteiger partial charge in [0, 0.05) is 38.4 Å². The van der Waals surface area contributed by atoms with E-state index in [4.69, 9.17) is 14.4 Å². The molecular formula is C50H32N2O. The van der Waals surface area contributed by atoms with Gasteiger partial charge in [0.1, 0.15) is 11.2 Å². The highest BCUT2D eigenvalue weighted by Crippen LogP contribution is 2.44. The molecule has 10 aromatic rings. The van der Waals surface area contributed by atoms with Crippen LogP contribution in [0.2, 0.25) is 0 Å². The Kier molecular flexibility index (Phi) is 7.47. The van der Waals surface area contributed by atoms with Crippen molar-refractivity contribution in [3.63, 3.8) is 0 Å². The summed E-state index contributed by atoms with van der Waals surface area (Å²) in [6.07, 6.45) is 0. The molecule has 2 aromatic heterocycles. The van der Waals surface area contributed by atoms with Gasteiger partial charge in [-0.15, -0.1) is 0 Å². The van der Waals surface area contributed by atoms with E-state index >= 15 is 0 Å². The highest BCUT2D eigenvalue weighted by Gasteiger charge is 2.19. The fourth-order valence-electron chi connectivity index (χ4n) is 7.55. The summed E-state index contributed by atoms with van der Waals surface area (Å²) in [6.45, 7) is 0. The molecule has 0 aliphatic carbocycles. The minimum atomic E-state index is 0.708. The van der Waals surface area contributed by atoms with E-state index in [9.17, 15) is 0 Å². The number of rotatable bonds is 6. The Morgan fingerprint density at radius 1 is 0.283 bits per heavy atom.